The van der Waals surface area contributed by atoms with Crippen molar-refractivity contribution >= 4 is 33.7 Å². The van der Waals surface area contributed by atoms with Gasteiger partial charge in [0, 0.05) is 6.54 Å². The standard InChI is InChI=1S/C8H11BrN2O4/c1-15-8(14)5(9)2-11-3-6(12)10-7(13)4-11/h5H,2-4H2,1H3,(H,10,12,13). The Morgan fingerprint density at radius 1 is 1.53 bits per heavy atom. The molecule has 1 heterocycles. The van der Waals surface area contributed by atoms with E-state index in [-0.39, 0.29) is 31.4 Å². The molecule has 1 rings (SSSR count). The predicted molar refractivity (Wildman–Crippen MR) is 54.3 cm³/mol. The van der Waals surface area contributed by atoms with Crippen LogP contribution in [0, 0.1) is 0 Å². The highest BCUT2D eigenvalue weighted by molar-refractivity contribution is 9.10. The number of nitrogens with one attached hydrogen (secondary N) is 1. The number of esters is 1. The number of alkyl halides is 1. The average molecular weight is 279 g/mol. The maximum Gasteiger partial charge on any atom is 0.320 e. The van der Waals surface area contributed by atoms with Crippen LogP contribution in [0.4, 0.5) is 0 Å². The fourth-order valence-electron chi connectivity index (χ4n) is 1.25. The summed E-state index contributed by atoms with van der Waals surface area (Å²) < 4.78 is 4.51. The Morgan fingerprint density at radius 3 is 2.53 bits per heavy atom. The molecule has 0 saturated carbocycles. The highest BCUT2D eigenvalue weighted by Gasteiger charge is 2.26. The van der Waals surface area contributed by atoms with Gasteiger partial charge in [0.05, 0.1) is 20.2 Å². The van der Waals surface area contributed by atoms with Crippen LogP contribution in [0.2, 0.25) is 0 Å². The van der Waals surface area contributed by atoms with E-state index in [0.717, 1.165) is 0 Å². The van der Waals surface area contributed by atoms with Gasteiger partial charge in [-0.05, 0) is 0 Å². The Balaban J connectivity index is 2.47. The van der Waals surface area contributed by atoms with Crippen molar-refractivity contribution in [2.45, 2.75) is 4.83 Å². The topological polar surface area (TPSA) is 75.7 Å². The summed E-state index contributed by atoms with van der Waals surface area (Å²) in [5, 5.41) is 2.17. The lowest BCUT2D eigenvalue weighted by atomic mass is 10.3. The molecular formula is C8H11BrN2O4. The smallest absolute Gasteiger partial charge is 0.320 e. The molecule has 1 aliphatic rings. The molecule has 1 atom stereocenters. The van der Waals surface area contributed by atoms with Gasteiger partial charge in [-0.1, -0.05) is 15.9 Å². The molecule has 7 heteroatoms. The van der Waals surface area contributed by atoms with E-state index < -0.39 is 10.8 Å². The number of hydrogen-bond donors (Lipinski definition) is 1. The summed E-state index contributed by atoms with van der Waals surface area (Å²) in [4.78, 5) is 34.1. The molecule has 2 amide bonds. The minimum atomic E-state index is -0.527. The lowest BCUT2D eigenvalue weighted by molar-refractivity contribution is -0.142. The molecule has 0 aromatic heterocycles. The predicted octanol–water partition coefficient (Wildman–Crippen LogP) is -1.12. The van der Waals surface area contributed by atoms with Gasteiger partial charge in [0.1, 0.15) is 4.83 Å². The number of nitrogens with zero attached hydrogens (tertiary/aromatic N) is 1. The van der Waals surface area contributed by atoms with Gasteiger partial charge in [-0.2, -0.15) is 0 Å². The second-order valence-electron chi connectivity index (χ2n) is 3.13. The number of carbonyl (C=O) groups is 3. The monoisotopic (exact) mass is 278 g/mol. The van der Waals surface area contributed by atoms with Crippen LogP contribution >= 0.6 is 15.9 Å². The Kier molecular flexibility index (Phi) is 4.22. The zero-order valence-electron chi connectivity index (χ0n) is 8.16. The van der Waals surface area contributed by atoms with Crippen molar-refractivity contribution in [1.29, 1.82) is 0 Å². The number of hydrogen-bond acceptors (Lipinski definition) is 5. The fourth-order valence-corrected chi connectivity index (χ4v) is 1.85. The van der Waals surface area contributed by atoms with Crippen molar-refractivity contribution < 1.29 is 19.1 Å². The van der Waals surface area contributed by atoms with E-state index in [0.29, 0.717) is 0 Å². The molecule has 1 N–H and O–H groups in total. The quantitative estimate of drug-likeness (QED) is 0.402. The molecule has 15 heavy (non-hydrogen) atoms. The molecule has 0 radical (unpaired) electrons. The average Bonchev–Trinajstić information content (AvgIpc) is 2.14. The van der Waals surface area contributed by atoms with Gasteiger partial charge < -0.3 is 4.74 Å². The first-order valence-corrected chi connectivity index (χ1v) is 5.21. The molecule has 0 aromatic rings. The number of ether oxygens (including phenoxy) is 1. The van der Waals surface area contributed by atoms with Gasteiger partial charge >= 0.3 is 5.97 Å². The van der Waals surface area contributed by atoms with Crippen LogP contribution in [0.5, 0.6) is 0 Å². The molecule has 0 spiro atoms. The maximum absolute atomic E-state index is 11.1. The Bertz CT molecular complexity index is 278. The van der Waals surface area contributed by atoms with Crippen LogP contribution in [0.1, 0.15) is 0 Å². The maximum atomic E-state index is 11.1. The van der Waals surface area contributed by atoms with Crippen molar-refractivity contribution in [3.05, 3.63) is 0 Å². The third-order valence-corrected chi connectivity index (χ3v) is 2.55. The lowest BCUT2D eigenvalue weighted by Crippen LogP contribution is -2.53. The van der Waals surface area contributed by atoms with Gasteiger partial charge in [-0.25, -0.2) is 0 Å². The molecule has 1 fully saturated rings. The first-order valence-electron chi connectivity index (χ1n) is 4.30. The summed E-state index contributed by atoms with van der Waals surface area (Å²) in [7, 11) is 1.28. The number of rotatable bonds is 3. The van der Waals surface area contributed by atoms with Gasteiger partial charge in [-0.15, -0.1) is 0 Å². The SMILES string of the molecule is COC(=O)C(Br)CN1CC(=O)NC(=O)C1. The van der Waals surface area contributed by atoms with E-state index in [4.69, 9.17) is 0 Å². The van der Waals surface area contributed by atoms with E-state index in [9.17, 15) is 14.4 Å². The molecule has 6 nitrogen and oxygen atoms in total. The summed E-state index contributed by atoms with van der Waals surface area (Å²) in [6, 6.07) is 0. The van der Waals surface area contributed by atoms with Crippen LogP contribution in [-0.4, -0.2) is 54.3 Å². The normalized spacial score (nSPS) is 19.6. The highest BCUT2D eigenvalue weighted by atomic mass is 79.9. The minimum Gasteiger partial charge on any atom is -0.468 e. The molecule has 1 aliphatic heterocycles. The largest absolute Gasteiger partial charge is 0.468 e. The van der Waals surface area contributed by atoms with E-state index in [1.165, 1.54) is 7.11 Å². The van der Waals surface area contributed by atoms with Gasteiger partial charge in [0.25, 0.3) is 0 Å². The molecule has 1 unspecified atom stereocenters. The van der Waals surface area contributed by atoms with Crippen molar-refractivity contribution in [3.8, 4) is 0 Å². The molecule has 0 bridgehead atoms. The number of methoxy groups -OCH3 is 1. The zero-order valence-corrected chi connectivity index (χ0v) is 9.74. The molecule has 84 valence electrons. The number of piperazine rings is 1. The number of imide groups is 1. The van der Waals surface area contributed by atoms with Gasteiger partial charge in [0.2, 0.25) is 11.8 Å². The summed E-state index contributed by atoms with van der Waals surface area (Å²) in [6.07, 6.45) is 0. The first kappa shape index (κ1) is 12.1. The Hall–Kier alpha value is -0.950. The van der Waals surface area contributed by atoms with E-state index in [2.05, 4.69) is 26.0 Å². The number of halogens is 1. The first-order chi connectivity index (χ1) is 7.02. The van der Waals surface area contributed by atoms with Gasteiger partial charge in [0.15, 0.2) is 0 Å². The number of amides is 2. The van der Waals surface area contributed by atoms with Crippen molar-refractivity contribution in [3.63, 3.8) is 0 Å². The molecule has 0 aliphatic carbocycles. The third-order valence-electron chi connectivity index (χ3n) is 1.89. The van der Waals surface area contributed by atoms with E-state index >= 15 is 0 Å². The van der Waals surface area contributed by atoms with E-state index in [1.807, 2.05) is 0 Å². The second kappa shape index (κ2) is 5.22. The molecule has 1 saturated heterocycles. The lowest BCUT2D eigenvalue weighted by Gasteiger charge is -2.26. The van der Waals surface area contributed by atoms with Crippen LogP contribution < -0.4 is 5.32 Å². The van der Waals surface area contributed by atoms with Crippen LogP contribution in [0.3, 0.4) is 0 Å². The highest BCUT2D eigenvalue weighted by Crippen LogP contribution is 2.06. The summed E-state index contributed by atoms with van der Waals surface area (Å²) >= 11 is 3.12. The summed E-state index contributed by atoms with van der Waals surface area (Å²) in [5.74, 6) is -1.12. The van der Waals surface area contributed by atoms with E-state index in [1.54, 1.807) is 4.90 Å². The molecule has 0 aromatic carbocycles. The van der Waals surface area contributed by atoms with Crippen molar-refractivity contribution in [2.24, 2.45) is 0 Å². The Morgan fingerprint density at radius 2 is 2.07 bits per heavy atom. The second-order valence-corrected chi connectivity index (χ2v) is 4.24. The van der Waals surface area contributed by atoms with Crippen molar-refractivity contribution in [2.75, 3.05) is 26.7 Å². The minimum absolute atomic E-state index is 0.116. The van der Waals surface area contributed by atoms with Gasteiger partial charge in [-0.3, -0.25) is 24.6 Å². The third kappa shape index (κ3) is 3.60. The summed E-state index contributed by atoms with van der Waals surface area (Å²) in [5.41, 5.74) is 0. The Labute approximate surface area is 95.1 Å². The fraction of sp³-hybridized carbons (Fsp3) is 0.625. The number of carbonyl (C=O) groups excluding carboxylic acids is 3. The van der Waals surface area contributed by atoms with Crippen molar-refractivity contribution in [1.82, 2.24) is 10.2 Å². The van der Waals surface area contributed by atoms with Crippen LogP contribution in [0.15, 0.2) is 0 Å². The zero-order chi connectivity index (χ0) is 11.4. The molecular weight excluding hydrogens is 268 g/mol. The van der Waals surface area contributed by atoms with Crippen LogP contribution in [0.25, 0.3) is 0 Å². The summed E-state index contributed by atoms with van der Waals surface area (Å²) in [6.45, 7) is 0.501. The van der Waals surface area contributed by atoms with Crippen LogP contribution in [-0.2, 0) is 19.1 Å².